The molecule has 19 heavy (non-hydrogen) atoms. The molecule has 0 rings (SSSR count). The Morgan fingerprint density at radius 1 is 0.737 bits per heavy atom. The molecule has 118 valence electrons. The van der Waals surface area contributed by atoms with E-state index in [1.54, 1.807) is 0 Å². The Morgan fingerprint density at radius 2 is 1.11 bits per heavy atom. The Labute approximate surface area is 126 Å². The molecule has 0 aliphatic heterocycles. The molecule has 0 aromatic carbocycles. The van der Waals surface area contributed by atoms with Gasteiger partial charge in [-0.2, -0.15) is 0 Å². The van der Waals surface area contributed by atoms with Crippen LogP contribution in [0.1, 0.15) is 90.9 Å². The first-order valence-electron chi connectivity index (χ1n) is 8.03. The van der Waals surface area contributed by atoms with Crippen LogP contribution < -0.4 is 6.15 Å². The van der Waals surface area contributed by atoms with Crippen LogP contribution in [0.3, 0.4) is 0 Å². The maximum Gasteiger partial charge on any atom is 0.128 e. The van der Waals surface area contributed by atoms with E-state index >= 15 is 0 Å². The molecular weight excluding hydrogens is 258 g/mol. The highest BCUT2D eigenvalue weighted by Gasteiger charge is 1.96. The maximum absolute atomic E-state index is 5.70. The minimum atomic E-state index is -0.127. The SMILES string of the molecule is CCCCCCCCCCCCCCOC(C)Cl.N. The zero-order valence-electron chi connectivity index (χ0n) is 13.3. The van der Waals surface area contributed by atoms with Gasteiger partial charge in [-0.15, -0.1) is 0 Å². The summed E-state index contributed by atoms with van der Waals surface area (Å²) in [5, 5.41) is 0. The molecule has 0 saturated carbocycles. The Bertz CT molecular complexity index is 154. The van der Waals surface area contributed by atoms with E-state index in [0.29, 0.717) is 0 Å². The summed E-state index contributed by atoms with van der Waals surface area (Å²) in [6, 6.07) is 0. The average Bonchev–Trinajstić information content (AvgIpc) is 2.34. The molecule has 3 N–H and O–H groups in total. The lowest BCUT2D eigenvalue weighted by Crippen LogP contribution is -2.00. The summed E-state index contributed by atoms with van der Waals surface area (Å²) >= 11 is 5.70. The summed E-state index contributed by atoms with van der Waals surface area (Å²) in [7, 11) is 0. The lowest BCUT2D eigenvalue weighted by molar-refractivity contribution is 0.115. The van der Waals surface area contributed by atoms with Crippen molar-refractivity contribution in [2.45, 2.75) is 96.5 Å². The smallest absolute Gasteiger partial charge is 0.128 e. The fourth-order valence-corrected chi connectivity index (χ4v) is 2.28. The average molecular weight is 294 g/mol. The van der Waals surface area contributed by atoms with Crippen LogP contribution in [0.15, 0.2) is 0 Å². The van der Waals surface area contributed by atoms with Crippen LogP contribution in [0.5, 0.6) is 0 Å². The van der Waals surface area contributed by atoms with Crippen LogP contribution in [-0.4, -0.2) is 12.2 Å². The zero-order valence-corrected chi connectivity index (χ0v) is 14.0. The minimum Gasteiger partial charge on any atom is -0.363 e. The molecule has 0 aliphatic rings. The Hall–Kier alpha value is 0.210. The van der Waals surface area contributed by atoms with E-state index in [0.717, 1.165) is 13.0 Å². The highest BCUT2D eigenvalue weighted by Crippen LogP contribution is 2.12. The lowest BCUT2D eigenvalue weighted by atomic mass is 10.1. The molecular formula is C16H36ClNO. The highest BCUT2D eigenvalue weighted by molar-refractivity contribution is 6.19. The molecule has 2 nitrogen and oxygen atoms in total. The van der Waals surface area contributed by atoms with E-state index in [2.05, 4.69) is 6.92 Å². The molecule has 0 heterocycles. The molecule has 0 aliphatic carbocycles. The summed E-state index contributed by atoms with van der Waals surface area (Å²) in [5.41, 5.74) is -0.127. The van der Waals surface area contributed by atoms with Crippen molar-refractivity contribution in [2.75, 3.05) is 6.61 Å². The minimum absolute atomic E-state index is 0. The van der Waals surface area contributed by atoms with Gasteiger partial charge in [0.05, 0.1) is 0 Å². The van der Waals surface area contributed by atoms with Crippen molar-refractivity contribution < 1.29 is 4.74 Å². The summed E-state index contributed by atoms with van der Waals surface area (Å²) < 4.78 is 5.30. The third kappa shape index (κ3) is 20.7. The Balaban J connectivity index is 0. The lowest BCUT2D eigenvalue weighted by Gasteiger charge is -2.05. The number of hydrogen-bond acceptors (Lipinski definition) is 2. The summed E-state index contributed by atoms with van der Waals surface area (Å²) in [6.07, 6.45) is 16.6. The molecule has 0 spiro atoms. The fraction of sp³-hybridized carbons (Fsp3) is 1.00. The van der Waals surface area contributed by atoms with Gasteiger partial charge in [-0.05, 0) is 13.3 Å². The predicted molar refractivity (Wildman–Crippen MR) is 87.4 cm³/mol. The van der Waals surface area contributed by atoms with Gasteiger partial charge >= 0.3 is 0 Å². The van der Waals surface area contributed by atoms with Crippen LogP contribution in [0.4, 0.5) is 0 Å². The monoisotopic (exact) mass is 293 g/mol. The molecule has 0 aromatic heterocycles. The van der Waals surface area contributed by atoms with Gasteiger partial charge in [-0.3, -0.25) is 0 Å². The number of hydrogen-bond donors (Lipinski definition) is 1. The number of halogens is 1. The summed E-state index contributed by atoms with van der Waals surface area (Å²) in [6.45, 7) is 4.98. The van der Waals surface area contributed by atoms with E-state index in [-0.39, 0.29) is 11.7 Å². The molecule has 0 aromatic rings. The van der Waals surface area contributed by atoms with Gasteiger partial charge in [0.15, 0.2) is 0 Å². The van der Waals surface area contributed by atoms with Gasteiger partial charge in [0.2, 0.25) is 0 Å². The molecule has 0 fully saturated rings. The van der Waals surface area contributed by atoms with Crippen LogP contribution in [0, 0.1) is 0 Å². The quantitative estimate of drug-likeness (QED) is 0.295. The second kappa shape index (κ2) is 18.2. The van der Waals surface area contributed by atoms with Gasteiger partial charge < -0.3 is 10.9 Å². The third-order valence-electron chi connectivity index (χ3n) is 3.35. The third-order valence-corrected chi connectivity index (χ3v) is 3.47. The van der Waals surface area contributed by atoms with E-state index in [9.17, 15) is 0 Å². The summed E-state index contributed by atoms with van der Waals surface area (Å²) in [4.78, 5) is 0. The molecule has 0 bridgehead atoms. The second-order valence-corrected chi connectivity index (χ2v) is 5.92. The second-order valence-electron chi connectivity index (χ2n) is 5.30. The van der Waals surface area contributed by atoms with Crippen molar-refractivity contribution in [3.63, 3.8) is 0 Å². The van der Waals surface area contributed by atoms with E-state index in [4.69, 9.17) is 16.3 Å². The molecule has 1 atom stereocenters. The number of ether oxygens (including phenoxy) is 1. The van der Waals surface area contributed by atoms with Crippen LogP contribution in [0.25, 0.3) is 0 Å². The van der Waals surface area contributed by atoms with Crippen molar-refractivity contribution in [3.05, 3.63) is 0 Å². The molecule has 0 amide bonds. The maximum atomic E-state index is 5.70. The predicted octanol–water partition coefficient (Wildman–Crippen LogP) is 6.45. The van der Waals surface area contributed by atoms with Gasteiger partial charge in [0.25, 0.3) is 0 Å². The van der Waals surface area contributed by atoms with Crippen LogP contribution in [0.2, 0.25) is 0 Å². The van der Waals surface area contributed by atoms with Crippen LogP contribution >= 0.6 is 11.6 Å². The largest absolute Gasteiger partial charge is 0.363 e. The normalized spacial score (nSPS) is 12.2. The first kappa shape index (κ1) is 21.5. The van der Waals surface area contributed by atoms with Crippen molar-refractivity contribution in [2.24, 2.45) is 0 Å². The van der Waals surface area contributed by atoms with Gasteiger partial charge in [-0.1, -0.05) is 89.2 Å². The highest BCUT2D eigenvalue weighted by atomic mass is 35.5. The van der Waals surface area contributed by atoms with Crippen molar-refractivity contribution in [3.8, 4) is 0 Å². The first-order chi connectivity index (χ1) is 8.77. The topological polar surface area (TPSA) is 44.2 Å². The van der Waals surface area contributed by atoms with E-state index in [1.807, 2.05) is 6.92 Å². The van der Waals surface area contributed by atoms with Crippen LogP contribution in [-0.2, 0) is 4.74 Å². The van der Waals surface area contributed by atoms with Gasteiger partial charge in [0.1, 0.15) is 5.56 Å². The number of rotatable bonds is 14. The standard InChI is InChI=1S/C16H33ClO.H3N/c1-3-4-5-6-7-8-9-10-11-12-13-14-15-18-16(2)17;/h16H,3-15H2,1-2H3;1H3. The molecule has 1 unspecified atom stereocenters. The van der Waals surface area contributed by atoms with E-state index in [1.165, 1.54) is 70.6 Å². The number of alkyl halides is 1. The van der Waals surface area contributed by atoms with Crippen molar-refractivity contribution in [1.82, 2.24) is 6.15 Å². The first-order valence-corrected chi connectivity index (χ1v) is 8.46. The summed E-state index contributed by atoms with van der Waals surface area (Å²) in [5.74, 6) is 0. The van der Waals surface area contributed by atoms with Crippen molar-refractivity contribution in [1.29, 1.82) is 0 Å². The van der Waals surface area contributed by atoms with E-state index < -0.39 is 0 Å². The Kier molecular flexibility index (Phi) is 20.6. The molecule has 0 radical (unpaired) electrons. The molecule has 0 saturated heterocycles. The van der Waals surface area contributed by atoms with Gasteiger partial charge in [0, 0.05) is 6.61 Å². The number of unbranched alkanes of at least 4 members (excludes halogenated alkanes) is 11. The fourth-order valence-electron chi connectivity index (χ4n) is 2.19. The molecule has 3 heteroatoms. The van der Waals surface area contributed by atoms with Gasteiger partial charge in [-0.25, -0.2) is 0 Å². The Morgan fingerprint density at radius 3 is 1.47 bits per heavy atom. The van der Waals surface area contributed by atoms with Crippen molar-refractivity contribution >= 4 is 11.6 Å². The zero-order chi connectivity index (χ0) is 13.5.